The molecule has 1 heterocycles. The van der Waals surface area contributed by atoms with Gasteiger partial charge in [0.1, 0.15) is 5.54 Å². The Balaban J connectivity index is 2.72. The summed E-state index contributed by atoms with van der Waals surface area (Å²) in [6.45, 7) is 9.39. The van der Waals surface area contributed by atoms with E-state index >= 15 is 0 Å². The van der Waals surface area contributed by atoms with Crippen molar-refractivity contribution in [1.82, 2.24) is 10.2 Å². The van der Waals surface area contributed by atoms with Gasteiger partial charge in [-0.15, -0.1) is 0 Å². The van der Waals surface area contributed by atoms with Crippen LogP contribution in [0.3, 0.4) is 0 Å². The molecule has 122 valence electrons. The number of nitrogens with zero attached hydrogens (tertiary/aromatic N) is 1. The van der Waals surface area contributed by atoms with Crippen LogP contribution in [-0.2, 0) is 9.59 Å². The Morgan fingerprint density at radius 1 is 1.33 bits per heavy atom. The number of carbonyl (C=O) groups is 2. The maximum atomic E-state index is 12.3. The fourth-order valence-corrected chi connectivity index (χ4v) is 3.26. The predicted octanol–water partition coefficient (Wildman–Crippen LogP) is 2.26. The normalized spacial score (nSPS) is 24.2. The number of carbonyl (C=O) groups excluding carboxylic acids is 1. The van der Waals surface area contributed by atoms with Gasteiger partial charge in [0, 0.05) is 13.1 Å². The Morgan fingerprint density at radius 3 is 2.52 bits per heavy atom. The molecule has 0 aromatic carbocycles. The zero-order chi connectivity index (χ0) is 16.0. The molecule has 1 rings (SSSR count). The lowest BCUT2D eigenvalue weighted by molar-refractivity contribution is -0.153. The van der Waals surface area contributed by atoms with E-state index in [1.54, 1.807) is 0 Å². The lowest BCUT2D eigenvalue weighted by Crippen LogP contribution is -2.57. The standard InChI is InChI=1S/C16H30N2O3/c1-5-8-16(15(20)21)9-6-11-18(16)13(4)14(19)17-10-7-12(2)3/h12-13H,5-11H2,1-4H3,(H,17,19)(H,20,21). The highest BCUT2D eigenvalue weighted by atomic mass is 16.4. The summed E-state index contributed by atoms with van der Waals surface area (Å²) < 4.78 is 0. The highest BCUT2D eigenvalue weighted by Gasteiger charge is 2.49. The first-order valence-electron chi connectivity index (χ1n) is 8.13. The third kappa shape index (κ3) is 4.19. The van der Waals surface area contributed by atoms with Crippen LogP contribution in [0.5, 0.6) is 0 Å². The van der Waals surface area contributed by atoms with E-state index in [-0.39, 0.29) is 11.9 Å². The number of carboxylic acids is 1. The number of nitrogens with one attached hydrogen (secondary N) is 1. The number of likely N-dealkylation sites (tertiary alicyclic amines) is 1. The van der Waals surface area contributed by atoms with Crippen molar-refractivity contribution in [2.75, 3.05) is 13.1 Å². The summed E-state index contributed by atoms with van der Waals surface area (Å²) in [5.74, 6) is -0.298. The first kappa shape index (κ1) is 18.0. The van der Waals surface area contributed by atoms with Gasteiger partial charge in [0.05, 0.1) is 6.04 Å². The van der Waals surface area contributed by atoms with Crippen LogP contribution < -0.4 is 5.32 Å². The van der Waals surface area contributed by atoms with Crippen molar-refractivity contribution in [3.8, 4) is 0 Å². The predicted molar refractivity (Wildman–Crippen MR) is 83.1 cm³/mol. The van der Waals surface area contributed by atoms with Crippen molar-refractivity contribution in [3.05, 3.63) is 0 Å². The Kier molecular flexibility index (Phi) is 6.65. The molecule has 1 fully saturated rings. The minimum atomic E-state index is -0.858. The molecule has 5 nitrogen and oxygen atoms in total. The van der Waals surface area contributed by atoms with E-state index in [2.05, 4.69) is 19.2 Å². The zero-order valence-corrected chi connectivity index (χ0v) is 13.8. The van der Waals surface area contributed by atoms with Crippen molar-refractivity contribution < 1.29 is 14.7 Å². The molecule has 1 aliphatic heterocycles. The lowest BCUT2D eigenvalue weighted by atomic mass is 9.89. The number of hydrogen-bond acceptors (Lipinski definition) is 3. The molecule has 0 radical (unpaired) electrons. The number of carboxylic acid groups (broad SMARTS) is 1. The second kappa shape index (κ2) is 7.78. The van der Waals surface area contributed by atoms with Crippen LogP contribution in [0.25, 0.3) is 0 Å². The van der Waals surface area contributed by atoms with E-state index in [1.165, 1.54) is 0 Å². The number of rotatable bonds is 8. The molecule has 5 heteroatoms. The zero-order valence-electron chi connectivity index (χ0n) is 13.8. The van der Waals surface area contributed by atoms with Gasteiger partial charge in [-0.05, 0) is 38.5 Å². The fraction of sp³-hybridized carbons (Fsp3) is 0.875. The van der Waals surface area contributed by atoms with Gasteiger partial charge in [0.2, 0.25) is 5.91 Å². The maximum Gasteiger partial charge on any atom is 0.324 e. The van der Waals surface area contributed by atoms with Crippen LogP contribution in [0.4, 0.5) is 0 Å². The minimum absolute atomic E-state index is 0.0562. The molecule has 0 aromatic heterocycles. The van der Waals surface area contributed by atoms with Gasteiger partial charge in [-0.3, -0.25) is 14.5 Å². The second-order valence-corrected chi connectivity index (χ2v) is 6.53. The summed E-state index contributed by atoms with van der Waals surface area (Å²) in [6, 6.07) is -0.387. The van der Waals surface area contributed by atoms with E-state index in [0.717, 1.165) is 19.3 Å². The first-order chi connectivity index (χ1) is 9.85. The van der Waals surface area contributed by atoms with Gasteiger partial charge in [-0.25, -0.2) is 0 Å². The topological polar surface area (TPSA) is 69.6 Å². The molecule has 2 atom stereocenters. The molecule has 1 amide bonds. The Labute approximate surface area is 128 Å². The summed E-state index contributed by atoms with van der Waals surface area (Å²) >= 11 is 0. The number of aliphatic carboxylic acids is 1. The fourth-order valence-electron chi connectivity index (χ4n) is 3.26. The van der Waals surface area contributed by atoms with Gasteiger partial charge < -0.3 is 10.4 Å². The van der Waals surface area contributed by atoms with Gasteiger partial charge in [-0.1, -0.05) is 27.2 Å². The van der Waals surface area contributed by atoms with Crippen LogP contribution >= 0.6 is 0 Å². The van der Waals surface area contributed by atoms with E-state index in [0.29, 0.717) is 31.8 Å². The summed E-state index contributed by atoms with van der Waals surface area (Å²) in [7, 11) is 0. The molecule has 2 N–H and O–H groups in total. The highest BCUT2D eigenvalue weighted by Crippen LogP contribution is 2.35. The van der Waals surface area contributed by atoms with Crippen LogP contribution in [-0.4, -0.2) is 46.6 Å². The molecule has 1 aliphatic rings. The van der Waals surface area contributed by atoms with Crippen molar-refractivity contribution in [3.63, 3.8) is 0 Å². The van der Waals surface area contributed by atoms with Gasteiger partial charge in [0.25, 0.3) is 0 Å². The molecule has 0 saturated carbocycles. The summed E-state index contributed by atoms with van der Waals surface area (Å²) in [4.78, 5) is 26.0. The van der Waals surface area contributed by atoms with Gasteiger partial charge in [-0.2, -0.15) is 0 Å². The lowest BCUT2D eigenvalue weighted by Gasteiger charge is -2.38. The average Bonchev–Trinajstić information content (AvgIpc) is 2.82. The quantitative estimate of drug-likeness (QED) is 0.721. The summed E-state index contributed by atoms with van der Waals surface area (Å²) in [5.41, 5.74) is -0.858. The third-order valence-corrected chi connectivity index (χ3v) is 4.47. The summed E-state index contributed by atoms with van der Waals surface area (Å²) in [5, 5.41) is 12.6. The first-order valence-corrected chi connectivity index (χ1v) is 8.13. The average molecular weight is 298 g/mol. The molecular weight excluding hydrogens is 268 g/mol. The van der Waals surface area contributed by atoms with E-state index in [4.69, 9.17) is 0 Å². The highest BCUT2D eigenvalue weighted by molar-refractivity contribution is 5.84. The largest absolute Gasteiger partial charge is 0.480 e. The van der Waals surface area contributed by atoms with Crippen molar-refractivity contribution in [2.24, 2.45) is 5.92 Å². The van der Waals surface area contributed by atoms with Gasteiger partial charge >= 0.3 is 5.97 Å². The van der Waals surface area contributed by atoms with Crippen molar-refractivity contribution >= 4 is 11.9 Å². The number of hydrogen-bond donors (Lipinski definition) is 2. The molecular formula is C16H30N2O3. The molecule has 0 aliphatic carbocycles. The van der Waals surface area contributed by atoms with Crippen molar-refractivity contribution in [2.45, 2.75) is 71.4 Å². The van der Waals surface area contributed by atoms with Crippen molar-refractivity contribution in [1.29, 1.82) is 0 Å². The van der Waals surface area contributed by atoms with E-state index < -0.39 is 11.5 Å². The van der Waals surface area contributed by atoms with Crippen LogP contribution in [0.15, 0.2) is 0 Å². The molecule has 2 unspecified atom stereocenters. The van der Waals surface area contributed by atoms with E-state index in [1.807, 2.05) is 18.7 Å². The number of amides is 1. The summed E-state index contributed by atoms with van der Waals surface area (Å²) in [6.07, 6.45) is 3.84. The van der Waals surface area contributed by atoms with Gasteiger partial charge in [0.15, 0.2) is 0 Å². The molecule has 0 bridgehead atoms. The van der Waals surface area contributed by atoms with Crippen LogP contribution in [0.2, 0.25) is 0 Å². The van der Waals surface area contributed by atoms with Crippen LogP contribution in [0, 0.1) is 5.92 Å². The monoisotopic (exact) mass is 298 g/mol. The molecule has 21 heavy (non-hydrogen) atoms. The molecule has 1 saturated heterocycles. The second-order valence-electron chi connectivity index (χ2n) is 6.53. The molecule has 0 spiro atoms. The Morgan fingerprint density at radius 2 is 2.00 bits per heavy atom. The van der Waals surface area contributed by atoms with E-state index in [9.17, 15) is 14.7 Å². The Hall–Kier alpha value is -1.10. The SMILES string of the molecule is CCCC1(C(=O)O)CCCN1C(C)C(=O)NCCC(C)C. The Bertz CT molecular complexity index is 371. The minimum Gasteiger partial charge on any atom is -0.480 e. The third-order valence-electron chi connectivity index (χ3n) is 4.47. The maximum absolute atomic E-state index is 12.3. The van der Waals surface area contributed by atoms with Crippen LogP contribution in [0.1, 0.15) is 59.8 Å². The smallest absolute Gasteiger partial charge is 0.324 e. The molecule has 0 aromatic rings.